The molecule has 1 amide bonds. The number of hydrogen-bond donors (Lipinski definition) is 1. The molecule has 0 aromatic heterocycles. The van der Waals surface area contributed by atoms with E-state index in [0.29, 0.717) is 17.0 Å². The van der Waals surface area contributed by atoms with Gasteiger partial charge in [-0.3, -0.25) is 4.79 Å². The van der Waals surface area contributed by atoms with E-state index in [1.165, 1.54) is 18.7 Å². The van der Waals surface area contributed by atoms with Gasteiger partial charge in [0.25, 0.3) is 5.91 Å². The molecule has 0 radical (unpaired) electrons. The minimum atomic E-state index is -0.438. The van der Waals surface area contributed by atoms with Crippen molar-refractivity contribution >= 4 is 5.91 Å². The van der Waals surface area contributed by atoms with Crippen molar-refractivity contribution in [3.63, 3.8) is 0 Å². The summed E-state index contributed by atoms with van der Waals surface area (Å²) in [4.78, 5) is 12.3. The Hall–Kier alpha value is -2.36. The SMILES string of the molecule is COc1ccc([C@H](C)NC(=O)c2ccc(C(C)C)cc2)cc1F. The van der Waals surface area contributed by atoms with E-state index in [0.717, 1.165) is 0 Å². The van der Waals surface area contributed by atoms with Gasteiger partial charge in [0.1, 0.15) is 0 Å². The van der Waals surface area contributed by atoms with Crippen LogP contribution in [-0.4, -0.2) is 13.0 Å². The summed E-state index contributed by atoms with van der Waals surface area (Å²) in [5.41, 5.74) is 2.47. The zero-order valence-corrected chi connectivity index (χ0v) is 13.9. The third-order valence-electron chi connectivity index (χ3n) is 3.86. The number of hydrogen-bond acceptors (Lipinski definition) is 2. The van der Waals surface area contributed by atoms with Gasteiger partial charge in [-0.2, -0.15) is 0 Å². The number of methoxy groups -OCH3 is 1. The molecule has 23 heavy (non-hydrogen) atoms. The van der Waals surface area contributed by atoms with E-state index in [1.54, 1.807) is 12.1 Å². The highest BCUT2D eigenvalue weighted by atomic mass is 19.1. The predicted octanol–water partition coefficient (Wildman–Crippen LogP) is 4.45. The summed E-state index contributed by atoms with van der Waals surface area (Å²) < 4.78 is 18.7. The lowest BCUT2D eigenvalue weighted by molar-refractivity contribution is 0.0940. The van der Waals surface area contributed by atoms with Crippen molar-refractivity contribution in [3.8, 4) is 5.75 Å². The molecular weight excluding hydrogens is 293 g/mol. The minimum absolute atomic E-state index is 0.177. The number of benzene rings is 2. The highest BCUT2D eigenvalue weighted by molar-refractivity contribution is 5.94. The van der Waals surface area contributed by atoms with Crippen molar-refractivity contribution in [3.05, 3.63) is 65.0 Å². The molecule has 0 unspecified atom stereocenters. The summed E-state index contributed by atoms with van der Waals surface area (Å²) in [6.45, 7) is 6.03. The van der Waals surface area contributed by atoms with Crippen LogP contribution in [0.3, 0.4) is 0 Å². The summed E-state index contributed by atoms with van der Waals surface area (Å²) in [5.74, 6) is 0.00118. The van der Waals surface area contributed by atoms with E-state index in [9.17, 15) is 9.18 Å². The number of carbonyl (C=O) groups is 1. The van der Waals surface area contributed by atoms with Crippen molar-refractivity contribution < 1.29 is 13.9 Å². The van der Waals surface area contributed by atoms with Crippen molar-refractivity contribution in [2.24, 2.45) is 0 Å². The third-order valence-corrected chi connectivity index (χ3v) is 3.86. The summed E-state index contributed by atoms with van der Waals surface area (Å²) in [5, 5.41) is 2.88. The fraction of sp³-hybridized carbons (Fsp3) is 0.316. The third kappa shape index (κ3) is 4.09. The molecule has 1 atom stereocenters. The van der Waals surface area contributed by atoms with Gasteiger partial charge in [0.15, 0.2) is 11.6 Å². The number of carbonyl (C=O) groups excluding carboxylic acids is 1. The van der Waals surface area contributed by atoms with Gasteiger partial charge in [-0.25, -0.2) is 4.39 Å². The first-order chi connectivity index (χ1) is 10.9. The maximum atomic E-state index is 13.8. The van der Waals surface area contributed by atoms with Crippen LogP contribution in [0.25, 0.3) is 0 Å². The van der Waals surface area contributed by atoms with E-state index < -0.39 is 5.82 Å². The molecule has 0 aliphatic carbocycles. The molecule has 0 heterocycles. The first-order valence-corrected chi connectivity index (χ1v) is 7.66. The average molecular weight is 315 g/mol. The normalized spacial score (nSPS) is 12.1. The lowest BCUT2D eigenvalue weighted by Gasteiger charge is -2.15. The molecule has 0 saturated heterocycles. The predicted molar refractivity (Wildman–Crippen MR) is 89.4 cm³/mol. The maximum absolute atomic E-state index is 13.8. The van der Waals surface area contributed by atoms with E-state index in [1.807, 2.05) is 31.2 Å². The van der Waals surface area contributed by atoms with Crippen molar-refractivity contribution in [2.45, 2.75) is 32.7 Å². The molecular formula is C19H22FNO2. The Morgan fingerprint density at radius 2 is 1.65 bits per heavy atom. The maximum Gasteiger partial charge on any atom is 0.251 e. The smallest absolute Gasteiger partial charge is 0.251 e. The van der Waals surface area contributed by atoms with Gasteiger partial charge in [-0.1, -0.05) is 32.0 Å². The van der Waals surface area contributed by atoms with E-state index >= 15 is 0 Å². The van der Waals surface area contributed by atoms with Gasteiger partial charge in [0.05, 0.1) is 13.2 Å². The molecule has 2 aromatic rings. The van der Waals surface area contributed by atoms with Crippen LogP contribution in [0.4, 0.5) is 4.39 Å². The van der Waals surface area contributed by atoms with Gasteiger partial charge in [0.2, 0.25) is 0 Å². The second-order valence-electron chi connectivity index (χ2n) is 5.87. The topological polar surface area (TPSA) is 38.3 Å². The molecule has 1 N–H and O–H groups in total. The molecule has 0 fully saturated rings. The van der Waals surface area contributed by atoms with Crippen LogP contribution in [-0.2, 0) is 0 Å². The van der Waals surface area contributed by atoms with Crippen LogP contribution in [0.2, 0.25) is 0 Å². The fourth-order valence-corrected chi connectivity index (χ4v) is 2.33. The minimum Gasteiger partial charge on any atom is -0.494 e. The summed E-state index contributed by atoms with van der Waals surface area (Å²) >= 11 is 0. The first-order valence-electron chi connectivity index (χ1n) is 7.66. The number of amides is 1. The van der Waals surface area contributed by atoms with E-state index in [4.69, 9.17) is 4.74 Å². The second kappa shape index (κ2) is 7.27. The van der Waals surface area contributed by atoms with Gasteiger partial charge in [0, 0.05) is 5.56 Å². The van der Waals surface area contributed by atoms with Gasteiger partial charge >= 0.3 is 0 Å². The Bertz CT molecular complexity index is 680. The van der Waals surface area contributed by atoms with Crippen LogP contribution in [0.15, 0.2) is 42.5 Å². The quantitative estimate of drug-likeness (QED) is 0.885. The molecule has 122 valence electrons. The molecule has 2 rings (SSSR count). The largest absolute Gasteiger partial charge is 0.494 e. The van der Waals surface area contributed by atoms with E-state index in [2.05, 4.69) is 19.2 Å². The Balaban J connectivity index is 2.08. The number of halogens is 1. The van der Waals surface area contributed by atoms with Gasteiger partial charge in [-0.15, -0.1) is 0 Å². The van der Waals surface area contributed by atoms with Crippen molar-refractivity contribution in [1.82, 2.24) is 5.32 Å². The molecule has 0 aliphatic rings. The summed E-state index contributed by atoms with van der Waals surface area (Å²) in [6.07, 6.45) is 0. The van der Waals surface area contributed by atoms with Crippen molar-refractivity contribution in [1.29, 1.82) is 0 Å². The fourth-order valence-electron chi connectivity index (χ4n) is 2.33. The zero-order valence-electron chi connectivity index (χ0n) is 13.9. The average Bonchev–Trinajstić information content (AvgIpc) is 2.54. The molecule has 2 aromatic carbocycles. The Labute approximate surface area is 136 Å². The molecule has 0 aliphatic heterocycles. The van der Waals surface area contributed by atoms with Crippen LogP contribution in [0, 0.1) is 5.82 Å². The zero-order chi connectivity index (χ0) is 17.0. The Kier molecular flexibility index (Phi) is 5.37. The summed E-state index contributed by atoms with van der Waals surface area (Å²) in [6, 6.07) is 11.9. The van der Waals surface area contributed by atoms with Crippen LogP contribution in [0.1, 0.15) is 54.2 Å². The second-order valence-corrected chi connectivity index (χ2v) is 5.87. The van der Waals surface area contributed by atoms with Crippen LogP contribution >= 0.6 is 0 Å². The van der Waals surface area contributed by atoms with Crippen LogP contribution in [0.5, 0.6) is 5.75 Å². The molecule has 0 bridgehead atoms. The first kappa shape index (κ1) is 17.0. The number of rotatable bonds is 5. The number of ether oxygens (including phenoxy) is 1. The Morgan fingerprint density at radius 3 is 2.17 bits per heavy atom. The lowest BCUT2D eigenvalue weighted by Crippen LogP contribution is -2.26. The van der Waals surface area contributed by atoms with Crippen LogP contribution < -0.4 is 10.1 Å². The lowest BCUT2D eigenvalue weighted by atomic mass is 10.0. The molecule has 4 heteroatoms. The number of nitrogens with one attached hydrogen (secondary N) is 1. The van der Waals surface area contributed by atoms with Gasteiger partial charge in [-0.05, 0) is 48.2 Å². The summed E-state index contributed by atoms with van der Waals surface area (Å²) in [7, 11) is 1.42. The van der Waals surface area contributed by atoms with Gasteiger partial charge < -0.3 is 10.1 Å². The monoisotopic (exact) mass is 315 g/mol. The highest BCUT2D eigenvalue weighted by Gasteiger charge is 2.13. The standard InChI is InChI=1S/C19H22FNO2/c1-12(2)14-5-7-15(8-6-14)19(22)21-13(3)16-9-10-18(23-4)17(20)11-16/h5-13H,1-4H3,(H,21,22)/t13-/m0/s1. The Morgan fingerprint density at radius 1 is 1.04 bits per heavy atom. The molecule has 0 spiro atoms. The molecule has 0 saturated carbocycles. The highest BCUT2D eigenvalue weighted by Crippen LogP contribution is 2.22. The molecule has 3 nitrogen and oxygen atoms in total. The van der Waals surface area contributed by atoms with E-state index in [-0.39, 0.29) is 17.7 Å². The van der Waals surface area contributed by atoms with Crippen molar-refractivity contribution in [2.75, 3.05) is 7.11 Å².